The summed E-state index contributed by atoms with van der Waals surface area (Å²) in [5.41, 5.74) is 0.628. The van der Waals surface area contributed by atoms with Gasteiger partial charge in [-0.15, -0.1) is 0 Å². The zero-order valence-electron chi connectivity index (χ0n) is 15.3. The second-order valence-corrected chi connectivity index (χ2v) is 7.37. The number of phenols is 1. The second-order valence-electron chi connectivity index (χ2n) is 7.37. The number of aliphatic hydroxyl groups excluding tert-OH is 1. The molecule has 0 spiro atoms. The number of aromatic hydroxyl groups is 1. The van der Waals surface area contributed by atoms with Gasteiger partial charge in [-0.1, -0.05) is 31.2 Å². The second kappa shape index (κ2) is 7.08. The molecule has 4 atom stereocenters. The average molecular weight is 355 g/mol. The van der Waals surface area contributed by atoms with E-state index >= 15 is 0 Å². The monoisotopic (exact) mass is 355 g/mol. The highest BCUT2D eigenvalue weighted by molar-refractivity contribution is 6.17. The molecule has 1 amide bonds. The predicted octanol–water partition coefficient (Wildman–Crippen LogP) is 3.47. The van der Waals surface area contributed by atoms with Gasteiger partial charge >= 0.3 is 0 Å². The Morgan fingerprint density at radius 3 is 2.69 bits per heavy atom. The number of rotatable bonds is 5. The van der Waals surface area contributed by atoms with Gasteiger partial charge in [0.15, 0.2) is 0 Å². The molecule has 26 heavy (non-hydrogen) atoms. The summed E-state index contributed by atoms with van der Waals surface area (Å²) in [4.78, 5) is 16.3. The summed E-state index contributed by atoms with van der Waals surface area (Å²) in [6.45, 7) is 5.95. The van der Waals surface area contributed by atoms with Crippen LogP contribution in [0.3, 0.4) is 0 Å². The Labute approximate surface area is 153 Å². The fourth-order valence-electron chi connectivity index (χ4n) is 3.78. The fourth-order valence-corrected chi connectivity index (χ4v) is 3.78. The molecule has 0 bridgehead atoms. The third kappa shape index (κ3) is 3.31. The quantitative estimate of drug-likeness (QED) is 0.793. The minimum absolute atomic E-state index is 0.162. The van der Waals surface area contributed by atoms with E-state index in [1.54, 1.807) is 24.3 Å². The molecule has 1 saturated heterocycles. The Kier molecular flexibility index (Phi) is 5.01. The molecule has 0 radical (unpaired) electrons. The van der Waals surface area contributed by atoms with E-state index in [4.69, 9.17) is 4.74 Å². The molecule has 138 valence electrons. The Bertz CT molecular complexity index is 778. The zero-order chi connectivity index (χ0) is 18.9. The van der Waals surface area contributed by atoms with Crippen LogP contribution in [0.15, 0.2) is 47.2 Å². The number of benzene rings is 1. The number of ether oxygens (including phenoxy) is 1. The average Bonchev–Trinajstić information content (AvgIpc) is 2.86. The number of aliphatic hydroxyl groups is 1. The van der Waals surface area contributed by atoms with Crippen molar-refractivity contribution < 1.29 is 19.7 Å². The van der Waals surface area contributed by atoms with E-state index in [1.165, 1.54) is 6.21 Å². The van der Waals surface area contributed by atoms with Crippen LogP contribution in [0.4, 0.5) is 0 Å². The lowest BCUT2D eigenvalue weighted by Crippen LogP contribution is -2.41. The van der Waals surface area contributed by atoms with Crippen LogP contribution in [0.25, 0.3) is 5.57 Å². The van der Waals surface area contributed by atoms with Crippen LogP contribution in [-0.2, 0) is 9.53 Å². The molecule has 5 heteroatoms. The van der Waals surface area contributed by atoms with Crippen LogP contribution in [0.2, 0.25) is 0 Å². The number of dihydropyridines is 1. The molecule has 2 aliphatic rings. The van der Waals surface area contributed by atoms with E-state index in [0.29, 0.717) is 23.7 Å². The molecule has 1 aromatic carbocycles. The van der Waals surface area contributed by atoms with Crippen molar-refractivity contribution in [2.75, 3.05) is 0 Å². The Hall–Kier alpha value is -2.40. The number of fused-ring (bicyclic) bond motifs is 1. The summed E-state index contributed by atoms with van der Waals surface area (Å²) in [5.74, 6) is -0.207. The Morgan fingerprint density at radius 2 is 2.04 bits per heavy atom. The summed E-state index contributed by atoms with van der Waals surface area (Å²) < 4.78 is 6.21. The van der Waals surface area contributed by atoms with Gasteiger partial charge in [-0.2, -0.15) is 0 Å². The van der Waals surface area contributed by atoms with Crippen molar-refractivity contribution in [2.45, 2.75) is 45.3 Å². The first-order valence-electron chi connectivity index (χ1n) is 8.95. The minimum Gasteiger partial charge on any atom is -0.508 e. The van der Waals surface area contributed by atoms with Crippen molar-refractivity contribution in [1.29, 1.82) is 0 Å². The predicted molar refractivity (Wildman–Crippen MR) is 101 cm³/mol. The van der Waals surface area contributed by atoms with Crippen molar-refractivity contribution in [2.24, 2.45) is 16.8 Å². The number of aliphatic imine (C=N–C) groups is 1. The van der Waals surface area contributed by atoms with Gasteiger partial charge in [0.2, 0.25) is 0 Å². The van der Waals surface area contributed by atoms with Gasteiger partial charge in [-0.25, -0.2) is 4.99 Å². The molecule has 0 aromatic heterocycles. The maximum atomic E-state index is 12.3. The third-order valence-corrected chi connectivity index (χ3v) is 5.13. The SMILES string of the molecule is C/C=C/C[C@H](C)C[C@]1(C)OC2=C(c3ccc(O)cc3)C=NC(=O)C2[C@H]1O. The molecule has 1 aromatic rings. The molecule has 5 nitrogen and oxygen atoms in total. The number of carbonyl (C=O) groups is 1. The van der Waals surface area contributed by atoms with Crippen molar-refractivity contribution >= 4 is 17.7 Å². The van der Waals surface area contributed by atoms with Crippen molar-refractivity contribution in [3.8, 4) is 5.75 Å². The molecular weight excluding hydrogens is 330 g/mol. The highest BCUT2D eigenvalue weighted by atomic mass is 16.5. The lowest BCUT2D eigenvalue weighted by Gasteiger charge is -2.30. The molecule has 0 aliphatic carbocycles. The van der Waals surface area contributed by atoms with Gasteiger partial charge < -0.3 is 14.9 Å². The minimum atomic E-state index is -0.942. The topological polar surface area (TPSA) is 79.1 Å². The molecule has 2 aliphatic heterocycles. The molecule has 2 heterocycles. The van der Waals surface area contributed by atoms with Gasteiger partial charge in [0.05, 0.1) is 0 Å². The van der Waals surface area contributed by atoms with E-state index in [1.807, 2.05) is 19.9 Å². The standard InChI is InChI=1S/C21H25NO4/c1-4-5-6-13(2)11-21(3)19(24)17-18(26-21)16(12-22-20(17)25)14-7-9-15(23)10-8-14/h4-5,7-10,12-13,17,19,23-24H,6,11H2,1-3H3/b5-4+/t13-,17?,19+,21-/m0/s1. The largest absolute Gasteiger partial charge is 0.508 e. The van der Waals surface area contributed by atoms with Gasteiger partial charge in [0.25, 0.3) is 5.91 Å². The van der Waals surface area contributed by atoms with Crippen LogP contribution in [0.1, 0.15) is 39.2 Å². The molecule has 1 unspecified atom stereocenters. The van der Waals surface area contributed by atoms with Crippen LogP contribution in [-0.4, -0.2) is 34.0 Å². The van der Waals surface area contributed by atoms with E-state index in [2.05, 4.69) is 18.0 Å². The van der Waals surface area contributed by atoms with Gasteiger partial charge in [0, 0.05) is 11.8 Å². The first kappa shape index (κ1) is 18.4. The van der Waals surface area contributed by atoms with E-state index in [0.717, 1.165) is 12.0 Å². The number of phenolic OH excluding ortho intramolecular Hbond substituents is 1. The van der Waals surface area contributed by atoms with Gasteiger partial charge in [-0.3, -0.25) is 4.79 Å². The van der Waals surface area contributed by atoms with E-state index in [9.17, 15) is 15.0 Å². The third-order valence-electron chi connectivity index (χ3n) is 5.13. The van der Waals surface area contributed by atoms with Gasteiger partial charge in [0.1, 0.15) is 29.1 Å². The van der Waals surface area contributed by atoms with Crippen LogP contribution in [0, 0.1) is 11.8 Å². The Morgan fingerprint density at radius 1 is 1.35 bits per heavy atom. The van der Waals surface area contributed by atoms with Crippen molar-refractivity contribution in [1.82, 2.24) is 0 Å². The normalized spacial score (nSPS) is 29.2. The lowest BCUT2D eigenvalue weighted by molar-refractivity contribution is -0.124. The van der Waals surface area contributed by atoms with Crippen molar-refractivity contribution in [3.63, 3.8) is 0 Å². The van der Waals surface area contributed by atoms with Crippen molar-refractivity contribution in [3.05, 3.63) is 47.7 Å². The molecule has 2 N–H and O–H groups in total. The first-order valence-corrected chi connectivity index (χ1v) is 8.95. The van der Waals surface area contributed by atoms with E-state index in [-0.39, 0.29) is 11.7 Å². The maximum absolute atomic E-state index is 12.3. The lowest BCUT2D eigenvalue weighted by atomic mass is 9.82. The highest BCUT2D eigenvalue weighted by Crippen LogP contribution is 2.46. The fraction of sp³-hybridized carbons (Fsp3) is 0.429. The smallest absolute Gasteiger partial charge is 0.259 e. The Balaban J connectivity index is 1.95. The number of nitrogens with zero attached hydrogens (tertiary/aromatic N) is 1. The molecule has 1 fully saturated rings. The van der Waals surface area contributed by atoms with Gasteiger partial charge in [-0.05, 0) is 50.3 Å². The first-order chi connectivity index (χ1) is 12.4. The molecular formula is C21H25NO4. The summed E-state index contributed by atoms with van der Waals surface area (Å²) in [7, 11) is 0. The number of hydrogen-bond donors (Lipinski definition) is 2. The summed E-state index contributed by atoms with van der Waals surface area (Å²) in [5, 5.41) is 20.4. The molecule has 3 rings (SSSR count). The number of hydrogen-bond acceptors (Lipinski definition) is 4. The molecule has 0 saturated carbocycles. The number of amides is 1. The number of allylic oxidation sites excluding steroid dienone is 3. The summed E-state index contributed by atoms with van der Waals surface area (Å²) in [6, 6.07) is 6.64. The van der Waals surface area contributed by atoms with Crippen LogP contribution >= 0.6 is 0 Å². The maximum Gasteiger partial charge on any atom is 0.259 e. The van der Waals surface area contributed by atoms with Crippen LogP contribution in [0.5, 0.6) is 5.75 Å². The summed E-state index contributed by atoms with van der Waals surface area (Å²) >= 11 is 0. The summed E-state index contributed by atoms with van der Waals surface area (Å²) in [6.07, 6.45) is 6.17. The zero-order valence-corrected chi connectivity index (χ0v) is 15.3. The highest BCUT2D eigenvalue weighted by Gasteiger charge is 2.54. The van der Waals surface area contributed by atoms with Crippen LogP contribution < -0.4 is 0 Å². The number of carbonyl (C=O) groups excluding carboxylic acids is 1. The van der Waals surface area contributed by atoms with E-state index < -0.39 is 17.6 Å².